The van der Waals surface area contributed by atoms with Crippen LogP contribution in [0.15, 0.2) is 21.3 Å². The van der Waals surface area contributed by atoms with Crippen LogP contribution in [0.25, 0.3) is 0 Å². The van der Waals surface area contributed by atoms with Crippen LogP contribution in [0.3, 0.4) is 0 Å². The summed E-state index contributed by atoms with van der Waals surface area (Å²) in [6.45, 7) is 0.801. The second-order valence-corrected chi connectivity index (χ2v) is 7.42. The van der Waals surface area contributed by atoms with Crippen molar-refractivity contribution in [3.05, 3.63) is 27.7 Å². The average molecular weight is 325 g/mol. The number of nitrogens with zero attached hydrogens (tertiary/aromatic N) is 3. The number of amides is 1. The monoisotopic (exact) mass is 325 g/mol. The molecule has 0 saturated carbocycles. The molecule has 3 heterocycles. The highest BCUT2D eigenvalue weighted by atomic mass is 32.2. The van der Waals surface area contributed by atoms with Gasteiger partial charge in [-0.1, -0.05) is 11.8 Å². The summed E-state index contributed by atoms with van der Waals surface area (Å²) in [5.74, 6) is 0.0430. The van der Waals surface area contributed by atoms with Crippen molar-refractivity contribution < 1.29 is 4.79 Å². The molecule has 20 heavy (non-hydrogen) atoms. The molecule has 106 valence electrons. The summed E-state index contributed by atoms with van der Waals surface area (Å²) in [6, 6.07) is 0.121. The lowest BCUT2D eigenvalue weighted by Crippen LogP contribution is -2.38. The normalized spacial score (nSPS) is 19.2. The standard InChI is InChI=1S/C13H15N3OS3/c1-18-13-15-9(8-20-13)12(17)16-6-3-2-4-10(16)11-14-5-7-19-11/h5,7-8,10H,2-4,6H2,1H3/t10-/m1/s1. The summed E-state index contributed by atoms with van der Waals surface area (Å²) >= 11 is 4.74. The van der Waals surface area contributed by atoms with Gasteiger partial charge < -0.3 is 4.90 Å². The number of hydrogen-bond acceptors (Lipinski definition) is 6. The lowest BCUT2D eigenvalue weighted by molar-refractivity contribution is 0.0605. The first-order valence-electron chi connectivity index (χ1n) is 6.49. The Morgan fingerprint density at radius 2 is 2.35 bits per heavy atom. The van der Waals surface area contributed by atoms with Gasteiger partial charge in [0, 0.05) is 23.5 Å². The number of thiazole rings is 2. The van der Waals surface area contributed by atoms with Crippen LogP contribution < -0.4 is 0 Å². The number of likely N-dealkylation sites (tertiary alicyclic amines) is 1. The van der Waals surface area contributed by atoms with Crippen LogP contribution in [0.1, 0.15) is 40.8 Å². The van der Waals surface area contributed by atoms with E-state index in [-0.39, 0.29) is 11.9 Å². The summed E-state index contributed by atoms with van der Waals surface area (Å²) < 4.78 is 0.941. The summed E-state index contributed by atoms with van der Waals surface area (Å²) in [5.41, 5.74) is 0.572. The SMILES string of the molecule is CSc1nc(C(=O)N2CCCC[C@@H]2c2nccs2)cs1. The maximum atomic E-state index is 12.7. The maximum absolute atomic E-state index is 12.7. The van der Waals surface area contributed by atoms with Gasteiger partial charge in [-0.15, -0.1) is 22.7 Å². The predicted molar refractivity (Wildman–Crippen MR) is 83.6 cm³/mol. The molecule has 7 heteroatoms. The van der Waals surface area contributed by atoms with Crippen molar-refractivity contribution >= 4 is 40.3 Å². The van der Waals surface area contributed by atoms with Crippen molar-refractivity contribution in [1.29, 1.82) is 0 Å². The number of piperidine rings is 1. The Balaban J connectivity index is 1.84. The van der Waals surface area contributed by atoms with Crippen molar-refractivity contribution in [2.75, 3.05) is 12.8 Å². The van der Waals surface area contributed by atoms with Crippen LogP contribution >= 0.6 is 34.4 Å². The first kappa shape index (κ1) is 14.0. The zero-order chi connectivity index (χ0) is 13.9. The molecule has 1 aliphatic rings. The fraction of sp³-hybridized carbons (Fsp3) is 0.462. The molecule has 0 bridgehead atoms. The molecule has 0 spiro atoms. The number of carbonyl (C=O) groups excluding carboxylic acids is 1. The molecule has 1 aliphatic heterocycles. The van der Waals surface area contributed by atoms with E-state index in [1.165, 1.54) is 11.3 Å². The van der Waals surface area contributed by atoms with Gasteiger partial charge in [0.2, 0.25) is 0 Å². The molecule has 4 nitrogen and oxygen atoms in total. The number of hydrogen-bond donors (Lipinski definition) is 0. The minimum atomic E-state index is 0.0430. The molecule has 1 amide bonds. The Kier molecular flexibility index (Phi) is 4.38. The van der Waals surface area contributed by atoms with Gasteiger partial charge in [-0.05, 0) is 25.5 Å². The Morgan fingerprint density at radius 1 is 1.45 bits per heavy atom. The molecule has 0 aliphatic carbocycles. The van der Waals surface area contributed by atoms with Gasteiger partial charge in [0.15, 0.2) is 0 Å². The highest BCUT2D eigenvalue weighted by Crippen LogP contribution is 2.33. The fourth-order valence-corrected chi connectivity index (χ4v) is 4.45. The van der Waals surface area contributed by atoms with Gasteiger partial charge >= 0.3 is 0 Å². The first-order chi connectivity index (χ1) is 9.79. The minimum Gasteiger partial charge on any atom is -0.328 e. The largest absolute Gasteiger partial charge is 0.328 e. The highest BCUT2D eigenvalue weighted by Gasteiger charge is 2.31. The van der Waals surface area contributed by atoms with Crippen LogP contribution in [0.4, 0.5) is 0 Å². The quantitative estimate of drug-likeness (QED) is 0.808. The second kappa shape index (κ2) is 6.24. The Bertz CT molecular complexity index is 581. The Morgan fingerprint density at radius 3 is 3.05 bits per heavy atom. The number of rotatable bonds is 3. The third-order valence-corrected chi connectivity index (χ3v) is 6.12. The number of carbonyl (C=O) groups is 1. The Labute approximate surface area is 130 Å². The summed E-state index contributed by atoms with van der Waals surface area (Å²) in [5, 5.41) is 4.88. The topological polar surface area (TPSA) is 46.1 Å². The predicted octanol–water partition coefficient (Wildman–Crippen LogP) is 3.69. The second-order valence-electron chi connectivity index (χ2n) is 4.58. The van der Waals surface area contributed by atoms with Crippen molar-refractivity contribution in [3.63, 3.8) is 0 Å². The molecule has 0 radical (unpaired) electrons. The van der Waals surface area contributed by atoms with Gasteiger partial charge in [0.25, 0.3) is 5.91 Å². The molecule has 3 rings (SSSR count). The van der Waals surface area contributed by atoms with Crippen LogP contribution in [-0.4, -0.2) is 33.6 Å². The first-order valence-corrected chi connectivity index (χ1v) is 9.48. The van der Waals surface area contributed by atoms with Gasteiger partial charge in [-0.2, -0.15) is 0 Å². The van der Waals surface area contributed by atoms with Crippen molar-refractivity contribution in [3.8, 4) is 0 Å². The summed E-state index contributed by atoms with van der Waals surface area (Å²) in [7, 11) is 0. The molecule has 1 saturated heterocycles. The third-order valence-electron chi connectivity index (χ3n) is 3.38. The molecule has 0 aromatic carbocycles. The van der Waals surface area contributed by atoms with E-state index < -0.39 is 0 Å². The van der Waals surface area contributed by atoms with E-state index in [9.17, 15) is 4.79 Å². The van der Waals surface area contributed by atoms with E-state index in [0.717, 1.165) is 35.2 Å². The molecule has 1 fully saturated rings. The van der Waals surface area contributed by atoms with Gasteiger partial charge in [0.05, 0.1) is 6.04 Å². The van der Waals surface area contributed by atoms with Gasteiger partial charge in [0.1, 0.15) is 15.0 Å². The van der Waals surface area contributed by atoms with Crippen molar-refractivity contribution in [1.82, 2.24) is 14.9 Å². The van der Waals surface area contributed by atoms with E-state index in [0.29, 0.717) is 5.69 Å². The van der Waals surface area contributed by atoms with Crippen LogP contribution in [-0.2, 0) is 0 Å². The molecule has 2 aromatic rings. The zero-order valence-corrected chi connectivity index (χ0v) is 13.6. The molecule has 1 atom stereocenters. The fourth-order valence-electron chi connectivity index (χ4n) is 2.43. The third kappa shape index (κ3) is 2.75. The lowest BCUT2D eigenvalue weighted by atomic mass is 10.0. The van der Waals surface area contributed by atoms with E-state index in [2.05, 4.69) is 9.97 Å². The van der Waals surface area contributed by atoms with Gasteiger partial charge in [-0.3, -0.25) is 4.79 Å². The van der Waals surface area contributed by atoms with Crippen molar-refractivity contribution in [2.24, 2.45) is 0 Å². The molecule has 0 unspecified atom stereocenters. The van der Waals surface area contributed by atoms with E-state index >= 15 is 0 Å². The van der Waals surface area contributed by atoms with E-state index in [1.807, 2.05) is 28.1 Å². The van der Waals surface area contributed by atoms with E-state index in [1.54, 1.807) is 23.1 Å². The lowest BCUT2D eigenvalue weighted by Gasteiger charge is -2.34. The zero-order valence-electron chi connectivity index (χ0n) is 11.1. The average Bonchev–Trinajstić information content (AvgIpc) is 3.17. The van der Waals surface area contributed by atoms with Crippen LogP contribution in [0.5, 0.6) is 0 Å². The highest BCUT2D eigenvalue weighted by molar-refractivity contribution is 8.00. The van der Waals surface area contributed by atoms with Gasteiger partial charge in [-0.25, -0.2) is 9.97 Å². The molecular formula is C13H15N3OS3. The maximum Gasteiger partial charge on any atom is 0.273 e. The smallest absolute Gasteiger partial charge is 0.273 e. The Hall–Kier alpha value is -0.920. The summed E-state index contributed by atoms with van der Waals surface area (Å²) in [6.07, 6.45) is 7.01. The number of thioether (sulfide) groups is 1. The molecule has 0 N–H and O–H groups in total. The number of aromatic nitrogens is 2. The summed E-state index contributed by atoms with van der Waals surface area (Å²) in [4.78, 5) is 23.4. The minimum absolute atomic E-state index is 0.0430. The molecular weight excluding hydrogens is 310 g/mol. The van der Waals surface area contributed by atoms with Crippen LogP contribution in [0, 0.1) is 0 Å². The van der Waals surface area contributed by atoms with E-state index in [4.69, 9.17) is 0 Å². The van der Waals surface area contributed by atoms with Crippen LogP contribution in [0.2, 0.25) is 0 Å². The molecule has 2 aromatic heterocycles. The van der Waals surface area contributed by atoms with Crippen molar-refractivity contribution in [2.45, 2.75) is 29.6 Å².